The summed E-state index contributed by atoms with van der Waals surface area (Å²) in [6.07, 6.45) is 12.1. The molecule has 2 aromatic carbocycles. The topological polar surface area (TPSA) is 104 Å². The van der Waals surface area contributed by atoms with Crippen molar-refractivity contribution >= 4 is 16.1 Å². The van der Waals surface area contributed by atoms with Crippen molar-refractivity contribution in [3.05, 3.63) is 60.2 Å². The number of carbonyl (C=O) groups is 1. The summed E-state index contributed by atoms with van der Waals surface area (Å²) in [6.45, 7) is 9.37. The first-order chi connectivity index (χ1) is 25.4. The van der Waals surface area contributed by atoms with E-state index in [0.717, 1.165) is 38.7 Å². The van der Waals surface area contributed by atoms with E-state index < -0.39 is 32.9 Å². The molecule has 4 fully saturated rings. The zero-order chi connectivity index (χ0) is 37.5. The van der Waals surface area contributed by atoms with Crippen LogP contribution in [0.1, 0.15) is 103 Å². The molecule has 1 amide bonds. The first kappa shape index (κ1) is 40.0. The van der Waals surface area contributed by atoms with Crippen molar-refractivity contribution < 1.29 is 36.9 Å². The molecule has 2 aromatic rings. The van der Waals surface area contributed by atoms with Gasteiger partial charge in [-0.05, 0) is 81.7 Å². The number of carbonyl (C=O) groups excluding carboxylic acids is 1. The fourth-order valence-corrected chi connectivity index (χ4v) is 11.1. The van der Waals surface area contributed by atoms with Crippen LogP contribution in [0.4, 0.5) is 4.79 Å². The molecule has 1 spiro atoms. The van der Waals surface area contributed by atoms with Crippen LogP contribution in [0.15, 0.2) is 59.5 Å². The summed E-state index contributed by atoms with van der Waals surface area (Å²) in [5.41, 5.74) is 0.183. The molecule has 10 nitrogen and oxygen atoms in total. The van der Waals surface area contributed by atoms with Gasteiger partial charge in [-0.3, -0.25) is 0 Å². The van der Waals surface area contributed by atoms with Gasteiger partial charge in [0.2, 0.25) is 10.0 Å². The predicted octanol–water partition coefficient (Wildman–Crippen LogP) is 8.19. The SMILES string of the molecule is COc1ccc(S(=O)(=O)N2C[C@@]3(CCCCCCCCCCCOCc4ccccc4)CN(C(=O)OC(C)(C)C)C[C@H]4CC5(OCCO5)[C@@H]2C[C@H]43)cc1. The number of methoxy groups -OCH3 is 1. The van der Waals surface area contributed by atoms with Crippen LogP contribution in [0.3, 0.4) is 0 Å². The Bertz CT molecular complexity index is 1570. The molecule has 1 saturated carbocycles. The number of benzene rings is 2. The van der Waals surface area contributed by atoms with Gasteiger partial charge in [-0.25, -0.2) is 13.2 Å². The van der Waals surface area contributed by atoms with Crippen LogP contribution in [0.2, 0.25) is 0 Å². The van der Waals surface area contributed by atoms with E-state index >= 15 is 0 Å². The van der Waals surface area contributed by atoms with E-state index in [2.05, 4.69) is 12.1 Å². The van der Waals surface area contributed by atoms with Crippen LogP contribution in [-0.4, -0.2) is 87.7 Å². The summed E-state index contributed by atoms with van der Waals surface area (Å²) in [5.74, 6) is -0.0503. The van der Waals surface area contributed by atoms with Crippen LogP contribution in [0.25, 0.3) is 0 Å². The van der Waals surface area contributed by atoms with E-state index in [1.165, 1.54) is 37.7 Å². The van der Waals surface area contributed by atoms with Gasteiger partial charge in [0.1, 0.15) is 11.4 Å². The molecule has 2 bridgehead atoms. The third kappa shape index (κ3) is 9.58. The number of rotatable bonds is 17. The van der Waals surface area contributed by atoms with Crippen molar-refractivity contribution in [2.45, 2.75) is 127 Å². The minimum atomic E-state index is -3.94. The Morgan fingerprint density at radius 1 is 0.868 bits per heavy atom. The Labute approximate surface area is 317 Å². The third-order valence-electron chi connectivity index (χ3n) is 11.8. The lowest BCUT2D eigenvalue weighted by Crippen LogP contribution is -2.73. The molecule has 294 valence electrons. The molecule has 3 heterocycles. The second kappa shape index (κ2) is 17.4. The van der Waals surface area contributed by atoms with Gasteiger partial charge in [0.15, 0.2) is 5.79 Å². The van der Waals surface area contributed by atoms with Gasteiger partial charge >= 0.3 is 6.09 Å². The monoisotopic (exact) mass is 754 g/mol. The number of fused-ring (bicyclic) bond motifs is 2. The molecule has 3 saturated heterocycles. The van der Waals surface area contributed by atoms with Crippen molar-refractivity contribution in [1.29, 1.82) is 0 Å². The minimum Gasteiger partial charge on any atom is -0.497 e. The number of hydrogen-bond donors (Lipinski definition) is 0. The zero-order valence-corrected chi connectivity index (χ0v) is 33.2. The number of unbranched alkanes of at least 4 members (excludes halogenated alkanes) is 8. The Kier molecular flexibility index (Phi) is 13.1. The highest BCUT2D eigenvalue weighted by Gasteiger charge is 2.66. The molecule has 4 atom stereocenters. The average molecular weight is 755 g/mol. The van der Waals surface area contributed by atoms with Crippen LogP contribution in [0.5, 0.6) is 5.75 Å². The first-order valence-corrected chi connectivity index (χ1v) is 21.4. The summed E-state index contributed by atoms with van der Waals surface area (Å²) in [5, 5.41) is 0. The lowest BCUT2D eigenvalue weighted by atomic mass is 9.55. The average Bonchev–Trinajstić information content (AvgIpc) is 3.61. The maximum atomic E-state index is 14.6. The minimum absolute atomic E-state index is 0.125. The Morgan fingerprint density at radius 2 is 1.51 bits per heavy atom. The van der Waals surface area contributed by atoms with Gasteiger partial charge < -0.3 is 28.6 Å². The fourth-order valence-electron chi connectivity index (χ4n) is 9.38. The van der Waals surface area contributed by atoms with Crippen LogP contribution < -0.4 is 4.74 Å². The van der Waals surface area contributed by atoms with Crippen molar-refractivity contribution in [2.24, 2.45) is 17.3 Å². The Hall–Kier alpha value is -2.70. The summed E-state index contributed by atoms with van der Waals surface area (Å²) in [4.78, 5) is 15.8. The standard InChI is InChI=1S/C42H62N2O8S/c1-40(2,3)52-39(45)43-29-34-28-42(50-25-26-51-42)38-27-37(34)41(31-43,32-44(38)53(46,47)36-21-19-35(48-4)20-22-36)23-15-10-8-6-5-7-9-11-16-24-49-30-33-17-13-12-14-18-33/h12-14,17-22,34,37-38H,5-11,15-16,23-32H2,1-4H3/t34-,37-,38+,41-/m1/s1. The highest BCUT2D eigenvalue weighted by molar-refractivity contribution is 7.89. The smallest absolute Gasteiger partial charge is 0.410 e. The van der Waals surface area contributed by atoms with Crippen molar-refractivity contribution in [2.75, 3.05) is 46.6 Å². The maximum absolute atomic E-state index is 14.6. The molecule has 53 heavy (non-hydrogen) atoms. The second-order valence-electron chi connectivity index (χ2n) is 16.8. The van der Waals surface area contributed by atoms with Gasteiger partial charge in [-0.1, -0.05) is 81.7 Å². The number of nitrogens with zero attached hydrogens (tertiary/aromatic N) is 2. The van der Waals surface area contributed by atoms with Gasteiger partial charge in [0, 0.05) is 38.1 Å². The summed E-state index contributed by atoms with van der Waals surface area (Å²) in [7, 11) is -2.37. The van der Waals surface area contributed by atoms with E-state index in [-0.39, 0.29) is 22.8 Å². The van der Waals surface area contributed by atoms with Crippen LogP contribution in [0, 0.1) is 17.3 Å². The molecule has 11 heteroatoms. The van der Waals surface area contributed by atoms with Crippen molar-refractivity contribution in [3.63, 3.8) is 0 Å². The molecule has 3 aliphatic heterocycles. The summed E-state index contributed by atoms with van der Waals surface area (Å²) in [6, 6.07) is 16.5. The molecule has 1 aliphatic carbocycles. The van der Waals surface area contributed by atoms with Crippen LogP contribution in [-0.2, 0) is 35.6 Å². The molecule has 0 unspecified atom stereocenters. The van der Waals surface area contributed by atoms with Crippen molar-refractivity contribution in [3.8, 4) is 5.75 Å². The number of ether oxygens (including phenoxy) is 5. The lowest BCUT2D eigenvalue weighted by molar-refractivity contribution is -0.261. The molecular weight excluding hydrogens is 693 g/mol. The second-order valence-corrected chi connectivity index (χ2v) is 18.6. The zero-order valence-electron chi connectivity index (χ0n) is 32.4. The van der Waals surface area contributed by atoms with Crippen LogP contribution >= 0.6 is 0 Å². The predicted molar refractivity (Wildman–Crippen MR) is 204 cm³/mol. The highest BCUT2D eigenvalue weighted by atomic mass is 32.2. The number of amides is 1. The molecule has 0 radical (unpaired) electrons. The largest absolute Gasteiger partial charge is 0.497 e. The molecule has 0 N–H and O–H groups in total. The molecule has 4 aliphatic rings. The van der Waals surface area contributed by atoms with Crippen molar-refractivity contribution in [1.82, 2.24) is 9.21 Å². The molecular formula is C42H62N2O8S. The normalized spacial score (nSPS) is 25.4. The Balaban J connectivity index is 1.09. The molecule has 0 aromatic heterocycles. The van der Waals surface area contributed by atoms with Gasteiger partial charge in [0.25, 0.3) is 0 Å². The van der Waals surface area contributed by atoms with Gasteiger partial charge in [-0.2, -0.15) is 4.31 Å². The lowest BCUT2D eigenvalue weighted by Gasteiger charge is -2.64. The van der Waals surface area contributed by atoms with Gasteiger partial charge in [-0.15, -0.1) is 0 Å². The number of piperidine rings is 2. The maximum Gasteiger partial charge on any atom is 0.410 e. The number of sulfonamides is 1. The summed E-state index contributed by atoms with van der Waals surface area (Å²) >= 11 is 0. The van der Waals surface area contributed by atoms with E-state index in [9.17, 15) is 13.2 Å². The fraction of sp³-hybridized carbons (Fsp3) is 0.690. The van der Waals surface area contributed by atoms with E-state index in [1.807, 2.05) is 43.9 Å². The summed E-state index contributed by atoms with van der Waals surface area (Å²) < 4.78 is 60.8. The Morgan fingerprint density at radius 3 is 2.15 bits per heavy atom. The quantitative estimate of drug-likeness (QED) is 0.149. The van der Waals surface area contributed by atoms with Gasteiger partial charge in [0.05, 0.1) is 37.9 Å². The highest BCUT2D eigenvalue weighted by Crippen LogP contribution is 2.59. The number of hydrogen-bond acceptors (Lipinski definition) is 8. The third-order valence-corrected chi connectivity index (χ3v) is 13.7. The van der Waals surface area contributed by atoms with E-state index in [4.69, 9.17) is 23.7 Å². The van der Waals surface area contributed by atoms with E-state index in [0.29, 0.717) is 58.0 Å². The number of likely N-dealkylation sites (tertiary alicyclic amines) is 1. The first-order valence-electron chi connectivity index (χ1n) is 20.0. The molecule has 6 rings (SSSR count). The van der Waals surface area contributed by atoms with E-state index in [1.54, 1.807) is 35.7 Å².